The van der Waals surface area contributed by atoms with Crippen molar-refractivity contribution in [3.8, 4) is 5.95 Å². The Bertz CT molecular complexity index is 1060. The number of anilines is 1. The zero-order valence-corrected chi connectivity index (χ0v) is 15.5. The fourth-order valence-electron chi connectivity index (χ4n) is 2.50. The zero-order chi connectivity index (χ0) is 23.0. The predicted molar refractivity (Wildman–Crippen MR) is 93.7 cm³/mol. The van der Waals surface area contributed by atoms with Gasteiger partial charge in [-0.25, -0.2) is 9.97 Å². The summed E-state index contributed by atoms with van der Waals surface area (Å²) in [5.74, 6) is -1.30. The van der Waals surface area contributed by atoms with Gasteiger partial charge in [-0.15, -0.1) is 5.10 Å². The molecule has 1 atom stereocenters. The van der Waals surface area contributed by atoms with Gasteiger partial charge in [-0.3, -0.25) is 4.79 Å². The van der Waals surface area contributed by atoms with E-state index in [2.05, 4.69) is 25.4 Å². The zero-order valence-electron chi connectivity index (χ0n) is 15.5. The van der Waals surface area contributed by atoms with Crippen LogP contribution in [0.2, 0.25) is 0 Å². The molecule has 3 rings (SSSR count). The summed E-state index contributed by atoms with van der Waals surface area (Å²) >= 11 is 0. The molecule has 0 aliphatic carbocycles. The number of aromatic nitrogens is 5. The van der Waals surface area contributed by atoms with Gasteiger partial charge in [-0.2, -0.15) is 36.0 Å². The largest absolute Gasteiger partial charge is 0.416 e. The summed E-state index contributed by atoms with van der Waals surface area (Å²) in [6, 6.07) is 1.13. The van der Waals surface area contributed by atoms with Gasteiger partial charge < -0.3 is 11.1 Å². The predicted octanol–water partition coefficient (Wildman–Crippen LogP) is 3.17. The maximum atomic E-state index is 13.0. The second-order valence-corrected chi connectivity index (χ2v) is 6.28. The van der Waals surface area contributed by atoms with Crippen molar-refractivity contribution >= 4 is 11.9 Å². The molecule has 2 aromatic heterocycles. The molecule has 14 heteroatoms. The van der Waals surface area contributed by atoms with Crippen LogP contribution in [0.4, 0.5) is 32.3 Å². The van der Waals surface area contributed by atoms with Crippen LogP contribution in [-0.2, 0) is 12.4 Å². The monoisotopic (exact) mass is 445 g/mol. The van der Waals surface area contributed by atoms with E-state index < -0.39 is 41.0 Å². The average Bonchev–Trinajstić information content (AvgIpc) is 3.09. The highest BCUT2D eigenvalue weighted by Gasteiger charge is 2.37. The summed E-state index contributed by atoms with van der Waals surface area (Å²) in [5, 5.41) is 6.27. The molecule has 0 bridgehead atoms. The molecule has 31 heavy (non-hydrogen) atoms. The minimum atomic E-state index is -5.08. The molecule has 0 aliphatic heterocycles. The highest BCUT2D eigenvalue weighted by atomic mass is 19.4. The van der Waals surface area contributed by atoms with Gasteiger partial charge in [0, 0.05) is 18.0 Å². The van der Waals surface area contributed by atoms with Gasteiger partial charge in [0.05, 0.1) is 17.2 Å². The lowest BCUT2D eigenvalue weighted by Crippen LogP contribution is -2.28. The molecule has 0 spiro atoms. The SMILES string of the molecule is C[C@H](NC(=O)c1cc(C(F)(F)F)cc(C(F)(F)F)c1)c1nc(N)n(-c2ncccn2)n1. The van der Waals surface area contributed by atoms with Gasteiger partial charge in [0.15, 0.2) is 5.82 Å². The van der Waals surface area contributed by atoms with E-state index in [1.54, 1.807) is 6.07 Å². The number of benzene rings is 1. The van der Waals surface area contributed by atoms with E-state index >= 15 is 0 Å². The standard InChI is InChI=1S/C17H13F6N7O/c1-8(12-28-14(24)30(29-12)15-25-3-2-4-26-15)27-13(31)9-5-10(16(18,19)20)7-11(6-9)17(21,22)23/h2-8H,1H3,(H,27,31)(H2,24,28,29)/t8-/m0/s1. The van der Waals surface area contributed by atoms with Crippen molar-refractivity contribution in [2.45, 2.75) is 25.3 Å². The number of carbonyl (C=O) groups is 1. The number of halogens is 6. The lowest BCUT2D eigenvalue weighted by molar-refractivity contribution is -0.143. The molecule has 164 valence electrons. The molecule has 0 radical (unpaired) electrons. The van der Waals surface area contributed by atoms with E-state index in [0.717, 1.165) is 4.68 Å². The number of carbonyl (C=O) groups excluding carboxylic acids is 1. The van der Waals surface area contributed by atoms with Crippen molar-refractivity contribution in [1.82, 2.24) is 30.0 Å². The Morgan fingerprint density at radius 1 is 1.03 bits per heavy atom. The topological polar surface area (TPSA) is 112 Å². The summed E-state index contributed by atoms with van der Waals surface area (Å²) in [5.41, 5.74) is 1.70. The second kappa shape index (κ2) is 7.85. The Hall–Kier alpha value is -3.71. The third-order valence-electron chi connectivity index (χ3n) is 3.97. The molecule has 8 nitrogen and oxygen atoms in total. The van der Waals surface area contributed by atoms with E-state index in [1.165, 1.54) is 19.3 Å². The minimum absolute atomic E-state index is 0.0543. The van der Waals surface area contributed by atoms with Crippen LogP contribution in [0.1, 0.15) is 40.3 Å². The number of hydrogen-bond donors (Lipinski definition) is 2. The highest BCUT2D eigenvalue weighted by Crippen LogP contribution is 2.36. The van der Waals surface area contributed by atoms with Crippen LogP contribution in [0, 0.1) is 0 Å². The first-order valence-corrected chi connectivity index (χ1v) is 8.46. The van der Waals surface area contributed by atoms with Gasteiger partial charge in [-0.05, 0) is 31.2 Å². The summed E-state index contributed by atoms with van der Waals surface area (Å²) in [6.07, 6.45) is -7.32. The molecular weight excluding hydrogens is 432 g/mol. The van der Waals surface area contributed by atoms with Crippen LogP contribution in [0.25, 0.3) is 5.95 Å². The van der Waals surface area contributed by atoms with E-state index in [4.69, 9.17) is 5.73 Å². The molecule has 0 unspecified atom stereocenters. The first kappa shape index (κ1) is 22.0. The van der Waals surface area contributed by atoms with Gasteiger partial charge in [0.2, 0.25) is 5.95 Å². The summed E-state index contributed by atoms with van der Waals surface area (Å²) in [4.78, 5) is 24.2. The van der Waals surface area contributed by atoms with E-state index in [-0.39, 0.29) is 23.8 Å². The molecule has 3 N–H and O–H groups in total. The van der Waals surface area contributed by atoms with Crippen molar-refractivity contribution in [3.05, 3.63) is 59.2 Å². The third kappa shape index (κ3) is 4.90. The summed E-state index contributed by atoms with van der Waals surface area (Å²) < 4.78 is 79.0. The summed E-state index contributed by atoms with van der Waals surface area (Å²) in [7, 11) is 0. The minimum Gasteiger partial charge on any atom is -0.368 e. The quantitative estimate of drug-likeness (QED) is 0.597. The first-order valence-electron chi connectivity index (χ1n) is 8.46. The van der Waals surface area contributed by atoms with Gasteiger partial charge in [0.1, 0.15) is 0 Å². The van der Waals surface area contributed by atoms with Crippen LogP contribution in [0.5, 0.6) is 0 Å². The van der Waals surface area contributed by atoms with Crippen molar-refractivity contribution in [3.63, 3.8) is 0 Å². The maximum Gasteiger partial charge on any atom is 0.416 e. The van der Waals surface area contributed by atoms with Gasteiger partial charge >= 0.3 is 12.4 Å². The molecule has 0 saturated carbocycles. The molecule has 0 fully saturated rings. The van der Waals surface area contributed by atoms with Crippen LogP contribution < -0.4 is 11.1 Å². The Balaban J connectivity index is 1.88. The van der Waals surface area contributed by atoms with Crippen LogP contribution in [0.15, 0.2) is 36.7 Å². The number of nitrogens with two attached hydrogens (primary N) is 1. The highest BCUT2D eigenvalue weighted by molar-refractivity contribution is 5.94. The number of hydrogen-bond acceptors (Lipinski definition) is 6. The Kier molecular flexibility index (Phi) is 5.57. The van der Waals surface area contributed by atoms with Gasteiger partial charge in [0.25, 0.3) is 11.9 Å². The Labute approximate surface area is 170 Å². The number of nitrogen functional groups attached to an aromatic ring is 1. The lowest BCUT2D eigenvalue weighted by atomic mass is 10.0. The number of rotatable bonds is 4. The summed E-state index contributed by atoms with van der Waals surface area (Å²) in [6.45, 7) is 1.38. The smallest absolute Gasteiger partial charge is 0.368 e. The second-order valence-electron chi connectivity index (χ2n) is 6.28. The first-order chi connectivity index (χ1) is 14.4. The van der Waals surface area contributed by atoms with Crippen molar-refractivity contribution in [2.24, 2.45) is 0 Å². The number of amides is 1. The Morgan fingerprint density at radius 2 is 1.58 bits per heavy atom. The molecule has 3 aromatic rings. The fourth-order valence-corrected chi connectivity index (χ4v) is 2.50. The lowest BCUT2D eigenvalue weighted by Gasteiger charge is -2.15. The Morgan fingerprint density at radius 3 is 2.10 bits per heavy atom. The number of nitrogens with zero attached hydrogens (tertiary/aromatic N) is 5. The number of alkyl halides is 6. The molecule has 0 saturated heterocycles. The van der Waals surface area contributed by atoms with Crippen LogP contribution >= 0.6 is 0 Å². The fraction of sp³-hybridized carbons (Fsp3) is 0.235. The van der Waals surface area contributed by atoms with Crippen molar-refractivity contribution in [1.29, 1.82) is 0 Å². The van der Waals surface area contributed by atoms with E-state index in [1.807, 2.05) is 0 Å². The average molecular weight is 445 g/mol. The van der Waals surface area contributed by atoms with Crippen molar-refractivity contribution in [2.75, 3.05) is 5.73 Å². The molecule has 0 aliphatic rings. The van der Waals surface area contributed by atoms with Crippen LogP contribution in [0.3, 0.4) is 0 Å². The molecular formula is C17H13F6N7O. The third-order valence-corrected chi connectivity index (χ3v) is 3.97. The molecule has 1 amide bonds. The van der Waals surface area contributed by atoms with Crippen molar-refractivity contribution < 1.29 is 31.1 Å². The normalized spacial score (nSPS) is 13.1. The molecule has 1 aromatic carbocycles. The number of nitrogens with one attached hydrogen (secondary N) is 1. The van der Waals surface area contributed by atoms with E-state index in [0.29, 0.717) is 12.1 Å². The van der Waals surface area contributed by atoms with Crippen LogP contribution in [-0.4, -0.2) is 30.6 Å². The van der Waals surface area contributed by atoms with E-state index in [9.17, 15) is 31.1 Å². The molecule has 2 heterocycles. The van der Waals surface area contributed by atoms with Gasteiger partial charge in [-0.1, -0.05) is 0 Å². The maximum absolute atomic E-state index is 13.0.